The molecule has 4 aromatic heterocycles. The summed E-state index contributed by atoms with van der Waals surface area (Å²) >= 11 is 2.13. The van der Waals surface area contributed by atoms with E-state index < -0.39 is 86.3 Å². The molecular formula is C101H113F8IN12O16. The molecule has 0 radical (unpaired) electrons. The number of ether oxygens (including phenoxy) is 3. The molecular weight excluding hydrogens is 1920 g/mol. The summed E-state index contributed by atoms with van der Waals surface area (Å²) in [5, 5.41) is 18.3. The molecule has 4 fully saturated rings. The molecule has 8 unspecified atom stereocenters. The number of amides is 7. The van der Waals surface area contributed by atoms with Crippen molar-refractivity contribution in [1.29, 1.82) is 0 Å². The third-order valence-corrected chi connectivity index (χ3v) is 29.2. The van der Waals surface area contributed by atoms with Crippen LogP contribution in [0.1, 0.15) is 300 Å². The van der Waals surface area contributed by atoms with Crippen LogP contribution in [0.25, 0.3) is 0 Å². The maximum atomic E-state index is 14.1. The zero-order chi connectivity index (χ0) is 99.4. The zero-order valence-electron chi connectivity index (χ0n) is 78.1. The summed E-state index contributed by atoms with van der Waals surface area (Å²) in [5.74, 6) is -8.48. The molecule has 28 nitrogen and oxygen atoms in total. The van der Waals surface area contributed by atoms with E-state index in [1.807, 2.05) is 58.5 Å². The topological polar surface area (TPSA) is 350 Å². The van der Waals surface area contributed by atoms with Gasteiger partial charge < -0.3 is 78.9 Å². The summed E-state index contributed by atoms with van der Waals surface area (Å²) in [6.07, 6.45) is 16.0. The normalized spacial score (nSPS) is 21.5. The Kier molecular flexibility index (Phi) is 32.2. The first kappa shape index (κ1) is 102. The molecule has 37 heteroatoms. The van der Waals surface area contributed by atoms with Gasteiger partial charge in [-0.1, -0.05) is 92.0 Å². The van der Waals surface area contributed by atoms with Gasteiger partial charge in [-0.15, -0.1) is 0 Å². The molecule has 12 aliphatic rings. The van der Waals surface area contributed by atoms with Crippen molar-refractivity contribution in [3.8, 4) is 23.0 Å². The molecule has 0 aliphatic carbocycles. The van der Waals surface area contributed by atoms with Crippen molar-refractivity contribution in [1.82, 2.24) is 53.8 Å². The van der Waals surface area contributed by atoms with E-state index in [4.69, 9.17) is 24.6 Å². The molecule has 12 aliphatic heterocycles. The number of carbonyl (C=O) groups is 7. The fourth-order valence-electron chi connectivity index (χ4n) is 21.8. The number of hydrogen-bond acceptors (Lipinski definition) is 16. The second kappa shape index (κ2) is 43.6. The summed E-state index contributed by atoms with van der Waals surface area (Å²) in [7, 11) is 0. The van der Waals surface area contributed by atoms with Crippen molar-refractivity contribution in [2.24, 2.45) is 17.6 Å². The van der Waals surface area contributed by atoms with Crippen molar-refractivity contribution in [2.45, 2.75) is 264 Å². The number of halogens is 9. The molecule has 736 valence electrons. The monoisotopic (exact) mass is 2030 g/mol. The summed E-state index contributed by atoms with van der Waals surface area (Å²) in [6.45, 7) is 23.3. The Hall–Kier alpha value is -12.0. The molecule has 6 N–H and O–H groups in total. The van der Waals surface area contributed by atoms with E-state index in [0.29, 0.717) is 117 Å². The summed E-state index contributed by atoms with van der Waals surface area (Å²) in [5.41, 5.74) is 6.67. The van der Waals surface area contributed by atoms with Gasteiger partial charge in [0.25, 0.3) is 41.4 Å². The van der Waals surface area contributed by atoms with Crippen molar-refractivity contribution >= 4 is 63.9 Å². The maximum absolute atomic E-state index is 14.1. The molecule has 8 aromatic rings. The van der Waals surface area contributed by atoms with Crippen molar-refractivity contribution in [3.05, 3.63) is 255 Å². The van der Waals surface area contributed by atoms with E-state index in [2.05, 4.69) is 70.5 Å². The van der Waals surface area contributed by atoms with E-state index in [1.54, 1.807) is 9.47 Å². The predicted octanol–water partition coefficient (Wildman–Crippen LogP) is 14.6. The molecule has 16 heterocycles. The Morgan fingerprint density at radius 3 is 1.17 bits per heavy atom. The van der Waals surface area contributed by atoms with Crippen LogP contribution in [0.2, 0.25) is 0 Å². The average Bonchev–Trinajstić information content (AvgIpc) is 1.54. The predicted molar refractivity (Wildman–Crippen MR) is 500 cm³/mol. The van der Waals surface area contributed by atoms with Gasteiger partial charge in [0.15, 0.2) is 45.8 Å². The quantitative estimate of drug-likeness (QED) is 0.0138. The van der Waals surface area contributed by atoms with Gasteiger partial charge >= 0.3 is 11.3 Å². The second-order valence-corrected chi connectivity index (χ2v) is 37.7. The fourth-order valence-corrected chi connectivity index (χ4v) is 22.6. The number of fused-ring (bicyclic) bond motifs is 8. The third-order valence-electron chi connectivity index (χ3n) is 28.1. The molecule has 4 aromatic carbocycles. The Bertz CT molecular complexity index is 6380. The number of rotatable bonds is 22. The van der Waals surface area contributed by atoms with Crippen LogP contribution in [0.3, 0.4) is 0 Å². The molecule has 4 saturated heterocycles. The van der Waals surface area contributed by atoms with Crippen LogP contribution in [-0.2, 0) is 56.5 Å². The number of aromatic nitrogens is 4. The minimum atomic E-state index is -0.905. The number of aromatic hydroxyl groups is 1. The summed E-state index contributed by atoms with van der Waals surface area (Å²) in [6, 6.07) is 13.2. The number of hydrogen-bond donors (Lipinski definition) is 5. The van der Waals surface area contributed by atoms with Gasteiger partial charge in [0.2, 0.25) is 21.7 Å². The Labute approximate surface area is 805 Å². The molecule has 0 spiro atoms. The zero-order valence-corrected chi connectivity index (χ0v) is 80.3. The first-order valence-corrected chi connectivity index (χ1v) is 48.6. The van der Waals surface area contributed by atoms with Gasteiger partial charge in [0.1, 0.15) is 63.2 Å². The average molecular weight is 2030 g/mol. The van der Waals surface area contributed by atoms with E-state index in [1.165, 1.54) is 30.3 Å². The van der Waals surface area contributed by atoms with Crippen molar-refractivity contribution < 1.29 is 92.7 Å². The molecule has 0 bridgehead atoms. The molecule has 20 rings (SSSR count). The number of nitrogens with two attached hydrogens (primary N) is 1. The molecule has 138 heavy (non-hydrogen) atoms. The van der Waals surface area contributed by atoms with Crippen LogP contribution in [0.15, 0.2) is 92.0 Å². The Balaban J connectivity index is 0.000000141. The van der Waals surface area contributed by atoms with Crippen LogP contribution >= 0.6 is 22.6 Å². The van der Waals surface area contributed by atoms with Crippen LogP contribution in [0.5, 0.6) is 23.0 Å². The van der Waals surface area contributed by atoms with Crippen LogP contribution in [0.4, 0.5) is 35.1 Å². The standard InChI is InChI=1S/2C26H29F2N3O4.C22H21F2N3O4.C17H21IN2O3.C7H7F2N.C2H6.CO/c1-3-4-11-35-24-22-26(34)30-14(2)5-8-18(30)19-9-10-20(31(19)22)21(23(24)32)25(33)29-13-15-6-7-16(27)12-17(15)28;1-3-4-9-35-24-22-26(34)30-13-14(2)10-20(30)18-7-8-19(31(18)22)21(23(24)32)25(33)29-12-15-5-6-16(27)11-17(15)28;1-10-6-16-14-4-5-15-17(21(30)25-8-11-2-3-12(23)7-13(11)24)19(28)20(29)18(27(14)15)22(31)26(16)9-10;1-2-3-9-23-16-14-17(22)19-8-4-5-10(19)11-6-7-12(20(11)14)13(18)15(16)21;8-6-2-1-5(4-10)7(9)3-6;2*1-2/h6-7,12,14,18-19H,3-5,8-11,13H2,1-2H3,(H,29,33);5-6,11,14,18,20H,3-4,7-10,12-13H2,1-2H3,(H,29,33);2-3,7,10,14,16,29H,4-6,8-9H2,1H3,(H,25,30);10-11H,2-9H2,1H3;1-3H,4,10H2;1-2H3;/t14-,18?,19?;14-,18?,20?;10-,14?,16?;;;;/m011..../s1. The van der Waals surface area contributed by atoms with Gasteiger partial charge in [-0.3, -0.25) is 52.7 Å². The number of carbonyl (C=O) groups excluding carboxylic acids is 7. The van der Waals surface area contributed by atoms with Crippen LogP contribution in [0, 0.1) is 68.6 Å². The number of pyridine rings is 4. The fraction of sp³-hybridized carbons (Fsp3) is 0.485. The molecule has 7 amide bonds. The SMILES string of the molecule is CC.CCCCOc1c2n3c(c(C(=O)NCc4ccc(F)cc4F)c1=O)CCC3C1CC[C@H](C)N1C2=O.CCCCOc1c2n3c(c(C(=O)NCc4ccc(F)cc4F)c1=O)CCC3C1C[C@@H](C)CN1C2=O.CCCCOc1c2n3c(c(I)c1=O)CCC3C1CCCN1C2=O.C[C@@H]1CC2C3CCc4c(C(=O)NCc5ccc(F)cc5F)c(=O)c(O)c(n43)C(=O)N2C1.NCc1ccc(F)cc1F.[C-]#[O+]. The van der Waals surface area contributed by atoms with E-state index in [9.17, 15) is 93.0 Å². The number of unbranched alkanes of at least 4 members (excludes halogenated alkanes) is 3. The second-order valence-electron chi connectivity index (χ2n) is 36.6. The van der Waals surface area contributed by atoms with Crippen molar-refractivity contribution in [2.75, 3.05) is 39.5 Å². The molecule has 0 saturated carbocycles. The van der Waals surface area contributed by atoms with Crippen LogP contribution < -0.4 is 57.6 Å². The third kappa shape index (κ3) is 19.4. The van der Waals surface area contributed by atoms with Gasteiger partial charge in [0.05, 0.1) is 71.7 Å². The molecule has 11 atom stereocenters. The summed E-state index contributed by atoms with van der Waals surface area (Å²) < 4.78 is 140. The number of nitrogens with one attached hydrogen (secondary N) is 3. The van der Waals surface area contributed by atoms with Crippen LogP contribution in [-0.4, -0.2) is 154 Å². The Morgan fingerprint density at radius 2 is 0.775 bits per heavy atom. The number of benzene rings is 4. The minimum absolute atomic E-state index is 0.00750. The van der Waals surface area contributed by atoms with E-state index in [0.717, 1.165) is 142 Å². The van der Waals surface area contributed by atoms with Crippen molar-refractivity contribution in [3.63, 3.8) is 0 Å². The van der Waals surface area contributed by atoms with E-state index in [-0.39, 0.29) is 178 Å². The first-order chi connectivity index (χ1) is 66.3. The first-order valence-electron chi connectivity index (χ1n) is 47.6. The van der Waals surface area contributed by atoms with Gasteiger partial charge in [-0.25, -0.2) is 35.1 Å². The van der Waals surface area contributed by atoms with Gasteiger partial charge in [0, 0.05) is 121 Å². The number of nitrogens with zero attached hydrogens (tertiary/aromatic N) is 8. The van der Waals surface area contributed by atoms with Gasteiger partial charge in [-0.05, 0) is 175 Å². The summed E-state index contributed by atoms with van der Waals surface area (Å²) in [4.78, 5) is 153. The van der Waals surface area contributed by atoms with Gasteiger partial charge in [-0.2, -0.15) is 0 Å². The Morgan fingerprint density at radius 1 is 0.435 bits per heavy atom. The van der Waals surface area contributed by atoms with E-state index >= 15 is 0 Å².